The molecule has 5 heteroatoms. The van der Waals surface area contributed by atoms with Gasteiger partial charge < -0.3 is 13.3 Å². The molecular formula is C12H30O3Si2. The van der Waals surface area contributed by atoms with Gasteiger partial charge in [-0.2, -0.15) is 0 Å². The van der Waals surface area contributed by atoms with Gasteiger partial charge in [0.2, 0.25) is 0 Å². The summed E-state index contributed by atoms with van der Waals surface area (Å²) in [5, 5.41) is 0. The fraction of sp³-hybridized carbons (Fsp3) is 1.00. The second-order valence-corrected chi connectivity index (χ2v) is 13.7. The van der Waals surface area contributed by atoms with Crippen LogP contribution in [0.25, 0.3) is 0 Å². The third kappa shape index (κ3) is 8.10. The van der Waals surface area contributed by atoms with Crippen LogP contribution in [0.4, 0.5) is 0 Å². The standard InChI is InChI=1S/C12H30O3Si2/c1-7-13-17(14-8-2,15-9-3)12-10-11-16(4,5)6/h7-12H2,1-6H3. The summed E-state index contributed by atoms with van der Waals surface area (Å²) in [7, 11) is -3.34. The Labute approximate surface area is 109 Å². The Bertz CT molecular complexity index is 176. The zero-order chi connectivity index (χ0) is 13.4. The minimum atomic E-state index is -2.37. The topological polar surface area (TPSA) is 27.7 Å². The molecule has 0 N–H and O–H groups in total. The van der Waals surface area contributed by atoms with E-state index in [1.54, 1.807) is 0 Å². The van der Waals surface area contributed by atoms with Crippen LogP contribution in [-0.2, 0) is 13.3 Å². The summed E-state index contributed by atoms with van der Waals surface area (Å²) < 4.78 is 17.5. The molecule has 17 heavy (non-hydrogen) atoms. The maximum Gasteiger partial charge on any atom is 0.500 e. The van der Waals surface area contributed by atoms with Gasteiger partial charge in [-0.05, 0) is 20.8 Å². The maximum absolute atomic E-state index is 5.84. The highest BCUT2D eigenvalue weighted by molar-refractivity contribution is 6.76. The van der Waals surface area contributed by atoms with E-state index in [4.69, 9.17) is 13.3 Å². The van der Waals surface area contributed by atoms with Gasteiger partial charge in [0.15, 0.2) is 0 Å². The van der Waals surface area contributed by atoms with Gasteiger partial charge in [0.25, 0.3) is 0 Å². The van der Waals surface area contributed by atoms with E-state index >= 15 is 0 Å². The van der Waals surface area contributed by atoms with E-state index in [0.717, 1.165) is 6.04 Å². The van der Waals surface area contributed by atoms with Crippen LogP contribution in [0.5, 0.6) is 0 Å². The monoisotopic (exact) mass is 278 g/mol. The summed E-state index contributed by atoms with van der Waals surface area (Å²) in [4.78, 5) is 0. The molecule has 0 unspecified atom stereocenters. The molecule has 0 heterocycles. The lowest BCUT2D eigenvalue weighted by Crippen LogP contribution is -2.46. The van der Waals surface area contributed by atoms with Crippen LogP contribution in [0.2, 0.25) is 31.7 Å². The molecule has 0 atom stereocenters. The fourth-order valence-electron chi connectivity index (χ4n) is 1.84. The highest BCUT2D eigenvalue weighted by atomic mass is 28.4. The molecule has 0 aliphatic rings. The smallest absolute Gasteiger partial charge is 0.374 e. The molecule has 0 amide bonds. The molecule has 0 fully saturated rings. The van der Waals surface area contributed by atoms with E-state index < -0.39 is 16.9 Å². The van der Waals surface area contributed by atoms with E-state index in [2.05, 4.69) is 19.6 Å². The summed E-state index contributed by atoms with van der Waals surface area (Å²) in [6, 6.07) is 2.28. The van der Waals surface area contributed by atoms with Gasteiger partial charge >= 0.3 is 8.80 Å². The van der Waals surface area contributed by atoms with E-state index in [-0.39, 0.29) is 0 Å². The van der Waals surface area contributed by atoms with Crippen LogP contribution < -0.4 is 0 Å². The average molecular weight is 279 g/mol. The molecule has 0 saturated carbocycles. The van der Waals surface area contributed by atoms with Gasteiger partial charge in [0.05, 0.1) is 0 Å². The third-order valence-corrected chi connectivity index (χ3v) is 7.51. The molecule has 0 aliphatic heterocycles. The first kappa shape index (κ1) is 17.3. The predicted molar refractivity (Wildman–Crippen MR) is 78.2 cm³/mol. The van der Waals surface area contributed by atoms with Crippen LogP contribution in [0, 0.1) is 0 Å². The first-order valence-corrected chi connectivity index (χ1v) is 12.4. The van der Waals surface area contributed by atoms with E-state index in [0.29, 0.717) is 19.8 Å². The van der Waals surface area contributed by atoms with Gasteiger partial charge in [-0.1, -0.05) is 32.1 Å². The van der Waals surface area contributed by atoms with Crippen molar-refractivity contribution in [2.24, 2.45) is 0 Å². The molecule has 0 bridgehead atoms. The molecule has 0 aromatic carbocycles. The molecule has 0 radical (unpaired) electrons. The average Bonchev–Trinajstić information content (AvgIpc) is 2.16. The summed E-state index contributed by atoms with van der Waals surface area (Å²) >= 11 is 0. The first-order chi connectivity index (χ1) is 7.89. The predicted octanol–water partition coefficient (Wildman–Crippen LogP) is 3.76. The van der Waals surface area contributed by atoms with Crippen LogP contribution >= 0.6 is 0 Å². The van der Waals surface area contributed by atoms with Crippen molar-refractivity contribution in [2.45, 2.75) is 58.9 Å². The van der Waals surface area contributed by atoms with Crippen LogP contribution in [0.3, 0.4) is 0 Å². The van der Waals surface area contributed by atoms with E-state index in [1.165, 1.54) is 12.5 Å². The van der Waals surface area contributed by atoms with Crippen molar-refractivity contribution in [3.8, 4) is 0 Å². The van der Waals surface area contributed by atoms with Gasteiger partial charge in [0.1, 0.15) is 0 Å². The highest BCUT2D eigenvalue weighted by Crippen LogP contribution is 2.22. The quantitative estimate of drug-likeness (QED) is 0.569. The SMILES string of the molecule is CCO[Si](CCC[Si](C)(C)C)(OCC)OCC. The zero-order valence-corrected chi connectivity index (χ0v) is 14.5. The number of hydrogen-bond acceptors (Lipinski definition) is 3. The van der Waals surface area contributed by atoms with Crippen LogP contribution in [-0.4, -0.2) is 36.7 Å². The Balaban J connectivity index is 4.33. The Morgan fingerprint density at radius 3 is 1.41 bits per heavy atom. The molecule has 0 saturated heterocycles. The lowest BCUT2D eigenvalue weighted by atomic mass is 10.6. The molecule has 0 rings (SSSR count). The Morgan fingerprint density at radius 2 is 1.12 bits per heavy atom. The van der Waals surface area contributed by atoms with E-state index in [9.17, 15) is 0 Å². The van der Waals surface area contributed by atoms with Crippen molar-refractivity contribution in [3.05, 3.63) is 0 Å². The summed E-state index contributed by atoms with van der Waals surface area (Å²) in [5.74, 6) is 0. The maximum atomic E-state index is 5.84. The second kappa shape index (κ2) is 8.42. The van der Waals surface area contributed by atoms with Gasteiger partial charge in [-0.25, -0.2) is 0 Å². The Kier molecular flexibility index (Phi) is 8.58. The molecule has 0 aromatic rings. The Morgan fingerprint density at radius 1 is 0.706 bits per heavy atom. The zero-order valence-electron chi connectivity index (χ0n) is 12.5. The number of rotatable bonds is 10. The minimum absolute atomic E-state index is 0.680. The van der Waals surface area contributed by atoms with Crippen molar-refractivity contribution in [1.82, 2.24) is 0 Å². The normalized spacial score (nSPS) is 13.1. The van der Waals surface area contributed by atoms with Gasteiger partial charge in [-0.15, -0.1) is 0 Å². The fourth-order valence-corrected chi connectivity index (χ4v) is 6.04. The van der Waals surface area contributed by atoms with Gasteiger partial charge in [0, 0.05) is 33.9 Å². The number of hydrogen-bond donors (Lipinski definition) is 0. The Hall–Kier alpha value is 0.314. The molecule has 104 valence electrons. The van der Waals surface area contributed by atoms with Crippen molar-refractivity contribution < 1.29 is 13.3 Å². The van der Waals surface area contributed by atoms with Gasteiger partial charge in [-0.3, -0.25) is 0 Å². The van der Waals surface area contributed by atoms with Crippen LogP contribution in [0.15, 0.2) is 0 Å². The summed E-state index contributed by atoms with van der Waals surface area (Å²) in [6.07, 6.45) is 1.17. The molecule has 0 aromatic heterocycles. The lowest BCUT2D eigenvalue weighted by Gasteiger charge is -2.29. The molecule has 0 spiro atoms. The van der Waals surface area contributed by atoms with E-state index in [1.807, 2.05) is 20.8 Å². The van der Waals surface area contributed by atoms with Crippen molar-refractivity contribution >= 4 is 16.9 Å². The van der Waals surface area contributed by atoms with Crippen molar-refractivity contribution in [3.63, 3.8) is 0 Å². The van der Waals surface area contributed by atoms with Crippen molar-refractivity contribution in [2.75, 3.05) is 19.8 Å². The highest BCUT2D eigenvalue weighted by Gasteiger charge is 2.39. The lowest BCUT2D eigenvalue weighted by molar-refractivity contribution is 0.0711. The van der Waals surface area contributed by atoms with Crippen molar-refractivity contribution in [1.29, 1.82) is 0 Å². The first-order valence-electron chi connectivity index (χ1n) is 6.81. The minimum Gasteiger partial charge on any atom is -0.374 e. The molecule has 0 aliphatic carbocycles. The molecule has 3 nitrogen and oxygen atoms in total. The summed E-state index contributed by atoms with van der Waals surface area (Å²) in [6.45, 7) is 15.3. The second-order valence-electron chi connectivity index (χ2n) is 5.40. The largest absolute Gasteiger partial charge is 0.500 e. The third-order valence-electron chi connectivity index (χ3n) is 2.50. The summed E-state index contributed by atoms with van der Waals surface area (Å²) in [5.41, 5.74) is 0. The van der Waals surface area contributed by atoms with Crippen LogP contribution in [0.1, 0.15) is 27.2 Å². The molecular weight excluding hydrogens is 248 g/mol.